The number of fused-ring (bicyclic) bond motifs is 17. The zero-order chi connectivity index (χ0) is 59.8. The zero-order valence-corrected chi connectivity index (χ0v) is 50.7. The third-order valence-corrected chi connectivity index (χ3v) is 17.2. The van der Waals surface area contributed by atoms with Gasteiger partial charge in [0.2, 0.25) is 0 Å². The summed E-state index contributed by atoms with van der Waals surface area (Å²) in [5, 5.41) is 7.89. The Kier molecular flexibility index (Phi) is 19.2. The van der Waals surface area contributed by atoms with Gasteiger partial charge < -0.3 is 10.3 Å². The molecule has 2 aromatic heterocycles. The average molecular weight is 1130 g/mol. The van der Waals surface area contributed by atoms with Crippen LogP contribution in [0.25, 0.3) is 81.1 Å². The molecular weight excluding hydrogens is 1060 g/mol. The number of hydrogen-bond donors (Lipinski definition) is 1. The lowest BCUT2D eigenvalue weighted by atomic mass is 9.70. The van der Waals surface area contributed by atoms with E-state index >= 15 is 0 Å². The molecule has 1 spiro atoms. The van der Waals surface area contributed by atoms with Gasteiger partial charge in [0.25, 0.3) is 0 Å². The monoisotopic (exact) mass is 1130 g/mol. The van der Waals surface area contributed by atoms with Gasteiger partial charge in [-0.25, -0.2) is 0 Å². The maximum absolute atomic E-state index is 5.99. The highest BCUT2D eigenvalue weighted by atomic mass is 32.1. The molecule has 3 aliphatic carbocycles. The predicted molar refractivity (Wildman–Crippen MR) is 380 cm³/mol. The van der Waals surface area contributed by atoms with Crippen LogP contribution >= 0.6 is 11.3 Å². The Hall–Kier alpha value is -10.1. The predicted octanol–water partition coefficient (Wildman–Crippen LogP) is 22.2. The molecule has 422 valence electrons. The number of allylic oxidation sites excluding steroid dienone is 24. The first-order valence-corrected chi connectivity index (χ1v) is 30.4. The first kappa shape index (κ1) is 59.0. The minimum absolute atomic E-state index is 0.458. The maximum atomic E-state index is 5.99. The standard InChI is InChI=1S/C60H42N2S.C17H20.C3H5N.C2H6/c1-62-54-35-16-11-28-48(54)55-56-49-29-17-22-41(58(49)63-59(56)47-27-7-6-26-46(47)57(55)62)37-36-40(39-19-3-2-4-20-39)21-5-12-31-53-45(30-18-38-61)44-25-10-15-34-52(44)60(53)50-32-13-8-23-42(50)43-24-9-14-33-51(43)60;1-3-4-5-6-7-10-13-16(2)17-14-11-8-9-12-15-17;1-3-4-2;1-2/h2-38H,61H2,1H3;3-11,13-15H,12H2,1-2H3;3H,1-2H2;1-2H3/b12-5+,37-36-,38-18+,40-21+,45-30-,53-31+;4-3+,6-5-,10-7-,16-13+;;. The van der Waals surface area contributed by atoms with Crippen LogP contribution in [0.15, 0.2) is 326 Å². The molecular formula is C82H73N3S. The van der Waals surface area contributed by atoms with Crippen molar-refractivity contribution in [2.24, 2.45) is 17.8 Å². The Morgan fingerprint density at radius 2 is 1.21 bits per heavy atom. The van der Waals surface area contributed by atoms with Crippen LogP contribution in [0.1, 0.15) is 67.5 Å². The van der Waals surface area contributed by atoms with E-state index in [9.17, 15) is 0 Å². The summed E-state index contributed by atoms with van der Waals surface area (Å²) in [5.41, 5.74) is 24.3. The fraction of sp³-hybridized carbons (Fsp3) is 0.0854. The van der Waals surface area contributed by atoms with Gasteiger partial charge in [-0.3, -0.25) is 4.99 Å². The second-order valence-electron chi connectivity index (χ2n) is 20.7. The molecule has 2 N–H and O–H groups in total. The van der Waals surface area contributed by atoms with Gasteiger partial charge in [-0.1, -0.05) is 300 Å². The maximum Gasteiger partial charge on any atom is 0.0725 e. The average Bonchev–Trinajstić information content (AvgIpc) is 1.55. The molecule has 0 atom stereocenters. The van der Waals surface area contributed by atoms with Crippen LogP contribution in [-0.2, 0) is 12.5 Å². The van der Waals surface area contributed by atoms with Crippen molar-refractivity contribution >= 4 is 88.0 Å². The molecule has 10 aromatic rings. The van der Waals surface area contributed by atoms with E-state index in [-0.39, 0.29) is 0 Å². The molecule has 0 saturated carbocycles. The summed E-state index contributed by atoms with van der Waals surface area (Å²) in [4.78, 5) is 3.25. The summed E-state index contributed by atoms with van der Waals surface area (Å²) in [6.45, 7) is 14.5. The number of aliphatic imine (C=N–C) groups is 1. The molecule has 0 amide bonds. The van der Waals surface area contributed by atoms with Gasteiger partial charge in [0.15, 0.2) is 0 Å². The van der Waals surface area contributed by atoms with Gasteiger partial charge in [-0.05, 0) is 118 Å². The number of benzene rings is 8. The normalized spacial score (nSPS) is 15.3. The van der Waals surface area contributed by atoms with Gasteiger partial charge in [0.05, 0.1) is 10.9 Å². The highest BCUT2D eigenvalue weighted by Gasteiger charge is 2.52. The Labute approximate surface area is 512 Å². The minimum Gasteiger partial charge on any atom is -0.405 e. The molecule has 0 bridgehead atoms. The first-order valence-electron chi connectivity index (χ1n) is 29.6. The molecule has 86 heavy (non-hydrogen) atoms. The van der Waals surface area contributed by atoms with Gasteiger partial charge in [0, 0.05) is 60.5 Å². The van der Waals surface area contributed by atoms with Crippen LogP contribution in [0, 0.1) is 0 Å². The van der Waals surface area contributed by atoms with E-state index in [0.29, 0.717) is 0 Å². The topological polar surface area (TPSA) is 43.3 Å². The Bertz CT molecular complexity index is 4530. The van der Waals surface area contributed by atoms with Gasteiger partial charge in [0.1, 0.15) is 0 Å². The molecule has 0 unspecified atom stereocenters. The van der Waals surface area contributed by atoms with E-state index in [0.717, 1.165) is 17.6 Å². The fourth-order valence-electron chi connectivity index (χ4n) is 12.3. The molecule has 0 aliphatic heterocycles. The van der Waals surface area contributed by atoms with Crippen molar-refractivity contribution < 1.29 is 0 Å². The van der Waals surface area contributed by atoms with Gasteiger partial charge >= 0.3 is 0 Å². The summed E-state index contributed by atoms with van der Waals surface area (Å²) in [6, 6.07) is 62.0. The first-order chi connectivity index (χ1) is 42.4. The van der Waals surface area contributed by atoms with Crippen molar-refractivity contribution in [3.63, 3.8) is 0 Å². The largest absolute Gasteiger partial charge is 0.405 e. The van der Waals surface area contributed by atoms with Crippen LogP contribution in [-0.4, -0.2) is 11.3 Å². The minimum atomic E-state index is -0.458. The van der Waals surface area contributed by atoms with Crippen LogP contribution in [0.5, 0.6) is 0 Å². The highest BCUT2D eigenvalue weighted by Crippen LogP contribution is 2.63. The van der Waals surface area contributed by atoms with E-state index in [1.165, 1.54) is 120 Å². The van der Waals surface area contributed by atoms with Crippen LogP contribution in [0.2, 0.25) is 0 Å². The number of nitrogens with two attached hydrogens (primary N) is 1. The molecule has 0 fully saturated rings. The smallest absolute Gasteiger partial charge is 0.0725 e. The van der Waals surface area contributed by atoms with Crippen molar-refractivity contribution in [3.8, 4) is 11.1 Å². The summed E-state index contributed by atoms with van der Waals surface area (Å²) >= 11 is 1.91. The molecule has 4 heteroatoms. The Morgan fingerprint density at radius 1 is 0.605 bits per heavy atom. The Morgan fingerprint density at radius 3 is 1.92 bits per heavy atom. The lowest BCUT2D eigenvalue weighted by Gasteiger charge is -2.30. The summed E-state index contributed by atoms with van der Waals surface area (Å²) in [5.74, 6) is 0. The number of para-hydroxylation sites is 1. The number of hydrogen-bond acceptors (Lipinski definition) is 3. The number of rotatable bonds is 11. The number of nitrogens with zero attached hydrogens (tertiary/aromatic N) is 2. The number of aromatic nitrogens is 1. The van der Waals surface area contributed by atoms with E-state index in [4.69, 9.17) is 5.73 Å². The second-order valence-corrected chi connectivity index (χ2v) is 21.7. The summed E-state index contributed by atoms with van der Waals surface area (Å²) in [6.07, 6.45) is 46.8. The van der Waals surface area contributed by atoms with E-state index < -0.39 is 5.41 Å². The third-order valence-electron chi connectivity index (χ3n) is 15.9. The molecule has 3 aliphatic rings. The zero-order valence-electron chi connectivity index (χ0n) is 49.9. The molecule has 2 heterocycles. The molecule has 0 saturated heterocycles. The molecule has 0 radical (unpaired) electrons. The highest BCUT2D eigenvalue weighted by molar-refractivity contribution is 7.27. The van der Waals surface area contributed by atoms with Gasteiger partial charge in [-0.2, -0.15) is 0 Å². The van der Waals surface area contributed by atoms with Crippen molar-refractivity contribution in [1.29, 1.82) is 0 Å². The third kappa shape index (κ3) is 11.5. The molecule has 8 aromatic carbocycles. The quantitative estimate of drug-likeness (QED) is 0.102. The SMILES string of the molecule is C/C=C/C=C\C=C/C=C(\C)C1=CCC=CC=C1.C=CN=C.CC.Cn1c2ccccc2c2c3c4cccc(\C=C/C(=C\C=C\C=C5/C(=C\C=C\N)c6ccccc6C56c5ccccc5-c5ccccc56)c5ccccc5)c4sc3c3ccccc3c21. The number of thiophene rings is 1. The van der Waals surface area contributed by atoms with Crippen molar-refractivity contribution in [1.82, 2.24) is 4.57 Å². The molecule has 3 nitrogen and oxygen atoms in total. The van der Waals surface area contributed by atoms with Crippen molar-refractivity contribution in [2.45, 2.75) is 39.5 Å². The van der Waals surface area contributed by atoms with E-state index in [1.807, 2.05) is 68.6 Å². The lowest BCUT2D eigenvalue weighted by Crippen LogP contribution is -2.25. The summed E-state index contributed by atoms with van der Waals surface area (Å²) < 4.78 is 5.02. The fourth-order valence-corrected chi connectivity index (χ4v) is 13.6. The second kappa shape index (κ2) is 28.0. The van der Waals surface area contributed by atoms with E-state index in [1.54, 1.807) is 6.20 Å². The van der Waals surface area contributed by atoms with Crippen molar-refractivity contribution in [3.05, 3.63) is 354 Å². The van der Waals surface area contributed by atoms with Crippen LogP contribution in [0.3, 0.4) is 0 Å². The Balaban J connectivity index is 0.000000303. The lowest BCUT2D eigenvalue weighted by molar-refractivity contribution is 0.794. The van der Waals surface area contributed by atoms with Crippen LogP contribution < -0.4 is 5.73 Å². The van der Waals surface area contributed by atoms with Crippen molar-refractivity contribution in [2.75, 3.05) is 0 Å². The summed E-state index contributed by atoms with van der Waals surface area (Å²) in [7, 11) is 2.21. The van der Waals surface area contributed by atoms with E-state index in [2.05, 4.69) is 292 Å². The molecule has 13 rings (SSSR count). The van der Waals surface area contributed by atoms with Crippen LogP contribution in [0.4, 0.5) is 0 Å². The number of aryl methyl sites for hydroxylation is 1. The van der Waals surface area contributed by atoms with Gasteiger partial charge in [-0.15, -0.1) is 11.3 Å².